The van der Waals surface area contributed by atoms with Crippen molar-refractivity contribution in [2.45, 2.75) is 38.1 Å². The molecular weight excluding hydrogens is 414 g/mol. The van der Waals surface area contributed by atoms with E-state index in [1.807, 2.05) is 17.0 Å². The molecule has 0 aliphatic carbocycles. The third-order valence-electron chi connectivity index (χ3n) is 5.90. The summed E-state index contributed by atoms with van der Waals surface area (Å²) in [5.74, 6) is 0.244. The van der Waals surface area contributed by atoms with Crippen LogP contribution in [-0.2, 0) is 4.79 Å². The van der Waals surface area contributed by atoms with Crippen LogP contribution in [0.4, 0.5) is 0 Å². The fourth-order valence-electron chi connectivity index (χ4n) is 4.21. The van der Waals surface area contributed by atoms with Crippen LogP contribution in [0.1, 0.15) is 43.7 Å². The van der Waals surface area contributed by atoms with Gasteiger partial charge < -0.3 is 27.8 Å². The summed E-state index contributed by atoms with van der Waals surface area (Å²) >= 11 is 0. The number of amides is 1. The van der Waals surface area contributed by atoms with Gasteiger partial charge in [-0.25, -0.2) is 0 Å². The third-order valence-corrected chi connectivity index (χ3v) is 5.90. The maximum absolute atomic E-state index is 13.5. The number of unbranched alkanes of at least 4 members (excludes halogenated alkanes) is 2. The first kappa shape index (κ1) is 24.1. The SMILES string of the molecule is NC(N)=NCCCC[C@H]1C=C[C@H](c2ccc3ccccc3c2)N(CCCCN=C(N)N)C1=O. The highest BCUT2D eigenvalue weighted by molar-refractivity contribution is 5.85. The largest absolute Gasteiger partial charge is 0.370 e. The Hall–Kier alpha value is -3.55. The monoisotopic (exact) mass is 449 g/mol. The molecule has 1 heterocycles. The molecule has 0 fully saturated rings. The second-order valence-electron chi connectivity index (χ2n) is 8.39. The van der Waals surface area contributed by atoms with Gasteiger partial charge in [-0.3, -0.25) is 14.8 Å². The van der Waals surface area contributed by atoms with Crippen molar-refractivity contribution < 1.29 is 4.79 Å². The van der Waals surface area contributed by atoms with E-state index in [1.165, 1.54) is 10.8 Å². The molecule has 2 atom stereocenters. The highest BCUT2D eigenvalue weighted by atomic mass is 16.2. The summed E-state index contributed by atoms with van der Waals surface area (Å²) in [6.45, 7) is 1.81. The normalized spacial score (nSPS) is 17.8. The molecule has 0 aromatic heterocycles. The molecule has 0 bridgehead atoms. The molecule has 8 N–H and O–H groups in total. The van der Waals surface area contributed by atoms with E-state index < -0.39 is 0 Å². The highest BCUT2D eigenvalue weighted by Gasteiger charge is 2.31. The van der Waals surface area contributed by atoms with Gasteiger partial charge in [-0.05, 0) is 48.1 Å². The number of aliphatic imine (C=N–C) groups is 2. The molecule has 176 valence electrons. The summed E-state index contributed by atoms with van der Waals surface area (Å²) in [6, 6.07) is 14.6. The Balaban J connectivity index is 1.73. The zero-order valence-corrected chi connectivity index (χ0v) is 19.1. The summed E-state index contributed by atoms with van der Waals surface area (Å²) < 4.78 is 0. The van der Waals surface area contributed by atoms with Gasteiger partial charge in [0.15, 0.2) is 11.9 Å². The molecule has 0 saturated carbocycles. The number of fused-ring (bicyclic) bond motifs is 1. The van der Waals surface area contributed by atoms with Crippen LogP contribution < -0.4 is 22.9 Å². The van der Waals surface area contributed by atoms with Gasteiger partial charge in [-0.2, -0.15) is 0 Å². The molecule has 8 heteroatoms. The fraction of sp³-hybridized carbons (Fsp3) is 0.400. The Morgan fingerprint density at radius 3 is 2.18 bits per heavy atom. The third kappa shape index (κ3) is 6.97. The van der Waals surface area contributed by atoms with Gasteiger partial charge in [0.1, 0.15) is 0 Å². The predicted octanol–water partition coefficient (Wildman–Crippen LogP) is 2.39. The summed E-state index contributed by atoms with van der Waals surface area (Å²) in [5, 5.41) is 2.36. The minimum absolute atomic E-state index is 0.0805. The lowest BCUT2D eigenvalue weighted by atomic mass is 9.90. The molecular formula is C25H35N7O. The van der Waals surface area contributed by atoms with Crippen LogP contribution in [0.5, 0.6) is 0 Å². The minimum Gasteiger partial charge on any atom is -0.370 e. The molecule has 0 spiro atoms. The smallest absolute Gasteiger partial charge is 0.230 e. The van der Waals surface area contributed by atoms with E-state index in [-0.39, 0.29) is 29.8 Å². The van der Waals surface area contributed by atoms with Gasteiger partial charge >= 0.3 is 0 Å². The van der Waals surface area contributed by atoms with Crippen molar-refractivity contribution in [1.82, 2.24) is 4.90 Å². The van der Waals surface area contributed by atoms with Gasteiger partial charge in [0.05, 0.1) is 12.0 Å². The topological polar surface area (TPSA) is 149 Å². The number of nitrogens with two attached hydrogens (primary N) is 4. The number of carbonyl (C=O) groups excluding carboxylic acids is 1. The van der Waals surface area contributed by atoms with E-state index >= 15 is 0 Å². The first-order valence-electron chi connectivity index (χ1n) is 11.5. The molecule has 2 aromatic rings. The lowest BCUT2D eigenvalue weighted by Crippen LogP contribution is -2.41. The second-order valence-corrected chi connectivity index (χ2v) is 8.39. The Morgan fingerprint density at radius 2 is 1.48 bits per heavy atom. The Morgan fingerprint density at radius 1 is 0.818 bits per heavy atom. The molecule has 2 aromatic carbocycles. The van der Waals surface area contributed by atoms with Crippen LogP contribution in [0.3, 0.4) is 0 Å². The van der Waals surface area contributed by atoms with E-state index in [0.717, 1.165) is 37.7 Å². The van der Waals surface area contributed by atoms with E-state index in [9.17, 15) is 4.79 Å². The quantitative estimate of drug-likeness (QED) is 0.180. The van der Waals surface area contributed by atoms with E-state index in [0.29, 0.717) is 19.6 Å². The second kappa shape index (κ2) is 11.9. The molecule has 33 heavy (non-hydrogen) atoms. The van der Waals surface area contributed by atoms with Crippen LogP contribution in [0.25, 0.3) is 10.8 Å². The average Bonchev–Trinajstić information content (AvgIpc) is 2.79. The van der Waals surface area contributed by atoms with Gasteiger partial charge in [-0.15, -0.1) is 0 Å². The maximum atomic E-state index is 13.5. The predicted molar refractivity (Wildman–Crippen MR) is 135 cm³/mol. The Labute approximate surface area is 195 Å². The van der Waals surface area contributed by atoms with Gasteiger partial charge in [0.25, 0.3) is 0 Å². The molecule has 3 rings (SSSR count). The first-order chi connectivity index (χ1) is 16.0. The van der Waals surface area contributed by atoms with Gasteiger partial charge in [-0.1, -0.05) is 55.0 Å². The van der Waals surface area contributed by atoms with Crippen molar-refractivity contribution in [3.63, 3.8) is 0 Å². The lowest BCUT2D eigenvalue weighted by molar-refractivity contribution is -0.136. The van der Waals surface area contributed by atoms with E-state index in [2.05, 4.69) is 52.5 Å². The van der Waals surface area contributed by atoms with Crippen molar-refractivity contribution in [3.05, 3.63) is 60.2 Å². The van der Waals surface area contributed by atoms with Crippen LogP contribution in [0.15, 0.2) is 64.6 Å². The van der Waals surface area contributed by atoms with Gasteiger partial charge in [0, 0.05) is 19.6 Å². The molecule has 1 aliphatic rings. The van der Waals surface area contributed by atoms with Crippen LogP contribution in [0.2, 0.25) is 0 Å². The van der Waals surface area contributed by atoms with Crippen molar-refractivity contribution in [1.29, 1.82) is 0 Å². The van der Waals surface area contributed by atoms with Crippen molar-refractivity contribution in [2.24, 2.45) is 38.8 Å². The van der Waals surface area contributed by atoms with Crippen molar-refractivity contribution >= 4 is 28.6 Å². The number of benzene rings is 2. The number of hydrogen-bond donors (Lipinski definition) is 4. The molecule has 0 radical (unpaired) electrons. The molecule has 1 amide bonds. The molecule has 0 saturated heterocycles. The Bertz CT molecular complexity index is 1020. The maximum Gasteiger partial charge on any atom is 0.230 e. The molecule has 8 nitrogen and oxygen atoms in total. The summed E-state index contributed by atoms with van der Waals surface area (Å²) in [4.78, 5) is 23.5. The van der Waals surface area contributed by atoms with E-state index in [4.69, 9.17) is 22.9 Å². The molecule has 1 aliphatic heterocycles. The lowest BCUT2D eigenvalue weighted by Gasteiger charge is -2.36. The number of guanidine groups is 2. The van der Waals surface area contributed by atoms with Crippen LogP contribution in [0, 0.1) is 5.92 Å². The van der Waals surface area contributed by atoms with Crippen molar-refractivity contribution in [3.8, 4) is 0 Å². The zero-order chi connectivity index (χ0) is 23.6. The number of rotatable bonds is 11. The number of nitrogens with zero attached hydrogens (tertiary/aromatic N) is 3. The summed E-state index contributed by atoms with van der Waals surface area (Å²) in [7, 11) is 0. The van der Waals surface area contributed by atoms with Crippen molar-refractivity contribution in [2.75, 3.05) is 19.6 Å². The highest BCUT2D eigenvalue weighted by Crippen LogP contribution is 2.32. The number of hydrogen-bond acceptors (Lipinski definition) is 3. The van der Waals surface area contributed by atoms with E-state index in [1.54, 1.807) is 0 Å². The number of carbonyl (C=O) groups is 1. The first-order valence-corrected chi connectivity index (χ1v) is 11.5. The zero-order valence-electron chi connectivity index (χ0n) is 19.1. The average molecular weight is 450 g/mol. The fourth-order valence-corrected chi connectivity index (χ4v) is 4.21. The summed E-state index contributed by atoms with van der Waals surface area (Å²) in [5.41, 5.74) is 22.7. The molecule has 0 unspecified atom stereocenters. The van der Waals surface area contributed by atoms with Crippen LogP contribution >= 0.6 is 0 Å². The Kier molecular flexibility index (Phi) is 8.69. The van der Waals surface area contributed by atoms with Crippen LogP contribution in [-0.4, -0.2) is 42.4 Å². The minimum atomic E-state index is -0.126. The standard InChI is InChI=1S/C25H35N7O/c26-24(27)30-14-4-3-8-19-12-13-22(21-11-10-18-7-1-2-9-20(18)17-21)32(23(19)33)16-6-5-15-31-25(28)29/h1-2,7,9-13,17,19,22H,3-6,8,14-16H2,(H4,26,27,30)(H4,28,29,31)/t19-,22+/m0/s1. The summed E-state index contributed by atoms with van der Waals surface area (Å²) in [6.07, 6.45) is 8.40. The van der Waals surface area contributed by atoms with Gasteiger partial charge in [0.2, 0.25) is 5.91 Å².